The van der Waals surface area contributed by atoms with Gasteiger partial charge in [0.15, 0.2) is 5.96 Å². The van der Waals surface area contributed by atoms with Crippen LogP contribution in [0.1, 0.15) is 32.3 Å². The normalized spacial score (nSPS) is 17.5. The van der Waals surface area contributed by atoms with E-state index in [1.807, 2.05) is 18.2 Å². The Morgan fingerprint density at radius 1 is 1.30 bits per heavy atom. The minimum atomic E-state index is -0.114. The number of hydrogen-bond donors (Lipinski definition) is 2. The molecule has 0 saturated carbocycles. The van der Waals surface area contributed by atoms with Crippen LogP contribution in [0, 0.1) is 0 Å². The number of benzene rings is 1. The van der Waals surface area contributed by atoms with Crippen LogP contribution >= 0.6 is 47.2 Å². The van der Waals surface area contributed by atoms with Gasteiger partial charge in [-0.1, -0.05) is 43.1 Å². The van der Waals surface area contributed by atoms with Gasteiger partial charge in [-0.3, -0.25) is 4.99 Å². The summed E-state index contributed by atoms with van der Waals surface area (Å²) in [5.74, 6) is 0.780. The third-order valence-electron chi connectivity index (χ3n) is 4.48. The highest BCUT2D eigenvalue weighted by Gasteiger charge is 2.22. The molecule has 1 aromatic rings. The Hall–Kier alpha value is -0.280. The molecule has 1 fully saturated rings. The van der Waals surface area contributed by atoms with Gasteiger partial charge in [0.2, 0.25) is 0 Å². The molecule has 1 aliphatic heterocycles. The number of nitrogens with zero attached hydrogens (tertiary/aromatic N) is 1. The van der Waals surface area contributed by atoms with E-state index in [0.29, 0.717) is 10.0 Å². The maximum absolute atomic E-state index is 6.15. The fraction of sp³-hybridized carbons (Fsp3) is 0.632. The average molecular weight is 530 g/mol. The third kappa shape index (κ3) is 8.31. The Kier molecular flexibility index (Phi) is 11.3. The molecule has 2 N–H and O–H groups in total. The van der Waals surface area contributed by atoms with Crippen LogP contribution in [-0.4, -0.2) is 52.0 Å². The van der Waals surface area contributed by atoms with Crippen molar-refractivity contribution in [2.45, 2.75) is 38.2 Å². The van der Waals surface area contributed by atoms with Crippen LogP contribution in [0.15, 0.2) is 23.2 Å². The summed E-state index contributed by atoms with van der Waals surface area (Å²) in [5, 5.41) is 7.84. The van der Waals surface area contributed by atoms with Crippen molar-refractivity contribution in [1.82, 2.24) is 10.6 Å². The molecule has 1 aliphatic rings. The number of aliphatic imine (C=N–C) groups is 1. The maximum atomic E-state index is 6.15. The summed E-state index contributed by atoms with van der Waals surface area (Å²) >= 11 is 12.2. The molecule has 8 heteroatoms. The van der Waals surface area contributed by atoms with Crippen LogP contribution < -0.4 is 10.6 Å². The molecule has 0 radical (unpaired) electrons. The molecule has 154 valence electrons. The van der Waals surface area contributed by atoms with Crippen LogP contribution in [0.5, 0.6) is 0 Å². The summed E-state index contributed by atoms with van der Waals surface area (Å²) in [5.41, 5.74) is 1.01. The molecule has 27 heavy (non-hydrogen) atoms. The van der Waals surface area contributed by atoms with Gasteiger partial charge in [0.25, 0.3) is 0 Å². The number of hydrogen-bond acceptors (Lipinski definition) is 3. The SMILES string of the molecule is CN=C(NCCCOC1CCOC1)NCC(C)(C)c1ccc(Cl)c(Cl)c1.I. The molecular weight excluding hydrogens is 500 g/mol. The lowest BCUT2D eigenvalue weighted by Gasteiger charge is -2.27. The lowest BCUT2D eigenvalue weighted by molar-refractivity contribution is 0.0420. The highest BCUT2D eigenvalue weighted by Crippen LogP contribution is 2.29. The first-order chi connectivity index (χ1) is 12.4. The van der Waals surface area contributed by atoms with Gasteiger partial charge in [-0.25, -0.2) is 0 Å². The molecular formula is C19H30Cl2IN3O2. The molecule has 0 bridgehead atoms. The second-order valence-electron chi connectivity index (χ2n) is 7.08. The molecule has 1 saturated heterocycles. The van der Waals surface area contributed by atoms with Gasteiger partial charge in [-0.2, -0.15) is 0 Å². The standard InChI is InChI=1S/C19H29Cl2N3O2.HI/c1-19(2,14-5-6-16(20)17(21)11-14)13-24-18(22-3)23-8-4-9-26-15-7-10-25-12-15;/h5-6,11,15H,4,7-10,12-13H2,1-3H3,(H2,22,23,24);1H. The molecule has 0 spiro atoms. The molecule has 0 aromatic heterocycles. The van der Waals surface area contributed by atoms with E-state index in [4.69, 9.17) is 32.7 Å². The van der Waals surface area contributed by atoms with Crippen LogP contribution in [-0.2, 0) is 14.9 Å². The van der Waals surface area contributed by atoms with Crippen molar-refractivity contribution >= 4 is 53.1 Å². The second kappa shape index (κ2) is 12.3. The Labute approximate surface area is 189 Å². The van der Waals surface area contributed by atoms with E-state index in [1.165, 1.54) is 0 Å². The van der Waals surface area contributed by atoms with Crippen molar-refractivity contribution in [2.24, 2.45) is 4.99 Å². The zero-order valence-electron chi connectivity index (χ0n) is 16.2. The van der Waals surface area contributed by atoms with E-state index < -0.39 is 0 Å². The van der Waals surface area contributed by atoms with Gasteiger partial charge >= 0.3 is 0 Å². The Morgan fingerprint density at radius 3 is 2.70 bits per heavy atom. The number of guanidine groups is 1. The van der Waals surface area contributed by atoms with Crippen molar-refractivity contribution in [2.75, 3.05) is 40.0 Å². The lowest BCUT2D eigenvalue weighted by atomic mass is 9.84. The highest BCUT2D eigenvalue weighted by molar-refractivity contribution is 14.0. The third-order valence-corrected chi connectivity index (χ3v) is 5.22. The second-order valence-corrected chi connectivity index (χ2v) is 7.89. The van der Waals surface area contributed by atoms with E-state index in [9.17, 15) is 0 Å². The summed E-state index contributed by atoms with van der Waals surface area (Å²) in [7, 11) is 1.77. The number of nitrogens with one attached hydrogen (secondary N) is 2. The van der Waals surface area contributed by atoms with Crippen LogP contribution in [0.25, 0.3) is 0 Å². The quantitative estimate of drug-likeness (QED) is 0.229. The summed E-state index contributed by atoms with van der Waals surface area (Å²) in [6, 6.07) is 5.77. The zero-order chi connectivity index (χ0) is 19.0. The van der Waals surface area contributed by atoms with E-state index in [1.54, 1.807) is 7.05 Å². The highest BCUT2D eigenvalue weighted by atomic mass is 127. The van der Waals surface area contributed by atoms with E-state index in [-0.39, 0.29) is 35.5 Å². The van der Waals surface area contributed by atoms with Gasteiger partial charge in [0, 0.05) is 38.8 Å². The van der Waals surface area contributed by atoms with E-state index in [0.717, 1.165) is 57.3 Å². The topological polar surface area (TPSA) is 54.9 Å². The number of ether oxygens (including phenoxy) is 2. The Balaban J connectivity index is 0.00000364. The largest absolute Gasteiger partial charge is 0.379 e. The predicted molar refractivity (Wildman–Crippen MR) is 124 cm³/mol. The maximum Gasteiger partial charge on any atom is 0.191 e. The van der Waals surface area contributed by atoms with Gasteiger partial charge in [0.05, 0.1) is 22.8 Å². The van der Waals surface area contributed by atoms with Crippen molar-refractivity contribution in [3.8, 4) is 0 Å². The minimum Gasteiger partial charge on any atom is -0.379 e. The monoisotopic (exact) mass is 529 g/mol. The van der Waals surface area contributed by atoms with E-state index in [2.05, 4.69) is 29.5 Å². The predicted octanol–water partition coefficient (Wildman–Crippen LogP) is 4.25. The molecule has 0 amide bonds. The summed E-state index contributed by atoms with van der Waals surface area (Å²) < 4.78 is 11.1. The van der Waals surface area contributed by atoms with Crippen molar-refractivity contribution in [1.29, 1.82) is 0 Å². The lowest BCUT2D eigenvalue weighted by Crippen LogP contribution is -2.43. The van der Waals surface area contributed by atoms with Crippen molar-refractivity contribution < 1.29 is 9.47 Å². The van der Waals surface area contributed by atoms with Crippen LogP contribution in [0.4, 0.5) is 0 Å². The van der Waals surface area contributed by atoms with Crippen molar-refractivity contribution in [3.05, 3.63) is 33.8 Å². The number of halogens is 3. The molecule has 2 rings (SSSR count). The zero-order valence-corrected chi connectivity index (χ0v) is 20.0. The van der Waals surface area contributed by atoms with Gasteiger partial charge in [-0.05, 0) is 30.5 Å². The van der Waals surface area contributed by atoms with Crippen LogP contribution in [0.3, 0.4) is 0 Å². The number of rotatable bonds is 8. The molecule has 1 heterocycles. The molecule has 0 aliphatic carbocycles. The first kappa shape index (κ1) is 24.8. The van der Waals surface area contributed by atoms with Gasteiger partial charge < -0.3 is 20.1 Å². The smallest absolute Gasteiger partial charge is 0.191 e. The molecule has 5 nitrogen and oxygen atoms in total. The fourth-order valence-electron chi connectivity index (χ4n) is 2.72. The molecule has 1 atom stereocenters. The summed E-state index contributed by atoms with van der Waals surface area (Å²) in [6.07, 6.45) is 2.19. The molecule has 1 unspecified atom stereocenters. The Morgan fingerprint density at radius 2 is 2.07 bits per heavy atom. The first-order valence-electron chi connectivity index (χ1n) is 9.02. The first-order valence-corrected chi connectivity index (χ1v) is 9.77. The van der Waals surface area contributed by atoms with Gasteiger partial charge in [0.1, 0.15) is 0 Å². The van der Waals surface area contributed by atoms with Crippen molar-refractivity contribution in [3.63, 3.8) is 0 Å². The Bertz CT molecular complexity index is 609. The molecule has 1 aromatic carbocycles. The van der Waals surface area contributed by atoms with E-state index >= 15 is 0 Å². The van der Waals surface area contributed by atoms with Gasteiger partial charge in [-0.15, -0.1) is 24.0 Å². The van der Waals surface area contributed by atoms with Crippen LogP contribution in [0.2, 0.25) is 10.0 Å². The average Bonchev–Trinajstić information content (AvgIpc) is 3.13. The summed E-state index contributed by atoms with van der Waals surface area (Å²) in [4.78, 5) is 4.28. The fourth-order valence-corrected chi connectivity index (χ4v) is 3.02. The minimum absolute atomic E-state index is 0. The summed E-state index contributed by atoms with van der Waals surface area (Å²) in [6.45, 7) is 8.11.